The fourth-order valence-corrected chi connectivity index (χ4v) is 2.49. The maximum absolute atomic E-state index is 3.47. The molecule has 0 aromatic heterocycles. The van der Waals surface area contributed by atoms with Gasteiger partial charge in [0.05, 0.1) is 0 Å². The minimum atomic E-state index is 0.999. The van der Waals surface area contributed by atoms with Gasteiger partial charge in [-0.25, -0.2) is 0 Å². The number of rotatable bonds is 8. The molecule has 15 heavy (non-hydrogen) atoms. The Kier molecular flexibility index (Phi) is 7.03. The molecule has 1 fully saturated rings. The maximum atomic E-state index is 3.47. The SMILES string of the molecule is CCCNCCCN1CCC(CCC)C1. The van der Waals surface area contributed by atoms with Crippen molar-refractivity contribution < 1.29 is 0 Å². The quantitative estimate of drug-likeness (QED) is 0.622. The van der Waals surface area contributed by atoms with E-state index >= 15 is 0 Å². The van der Waals surface area contributed by atoms with E-state index in [1.165, 1.54) is 64.8 Å². The smallest absolute Gasteiger partial charge is 0.00101 e. The van der Waals surface area contributed by atoms with Crippen molar-refractivity contribution in [1.29, 1.82) is 0 Å². The zero-order chi connectivity index (χ0) is 10.9. The molecule has 0 saturated carbocycles. The molecule has 90 valence electrons. The fourth-order valence-electron chi connectivity index (χ4n) is 2.49. The van der Waals surface area contributed by atoms with E-state index in [9.17, 15) is 0 Å². The summed E-state index contributed by atoms with van der Waals surface area (Å²) >= 11 is 0. The van der Waals surface area contributed by atoms with E-state index in [1.807, 2.05) is 0 Å². The van der Waals surface area contributed by atoms with Gasteiger partial charge in [0.25, 0.3) is 0 Å². The average Bonchev–Trinajstić information content (AvgIpc) is 2.66. The van der Waals surface area contributed by atoms with Crippen molar-refractivity contribution >= 4 is 0 Å². The highest BCUT2D eigenvalue weighted by Crippen LogP contribution is 2.20. The lowest BCUT2D eigenvalue weighted by molar-refractivity contribution is 0.314. The van der Waals surface area contributed by atoms with E-state index in [1.54, 1.807) is 0 Å². The molecule has 0 spiro atoms. The van der Waals surface area contributed by atoms with Crippen LogP contribution in [0.3, 0.4) is 0 Å². The molecule has 0 aromatic carbocycles. The Labute approximate surface area is 95.4 Å². The summed E-state index contributed by atoms with van der Waals surface area (Å²) in [6.45, 7) is 10.9. The summed E-state index contributed by atoms with van der Waals surface area (Å²) in [6, 6.07) is 0. The van der Waals surface area contributed by atoms with Gasteiger partial charge in [0.2, 0.25) is 0 Å². The van der Waals surface area contributed by atoms with Gasteiger partial charge in [0, 0.05) is 6.54 Å². The van der Waals surface area contributed by atoms with Crippen LogP contribution in [0.15, 0.2) is 0 Å². The van der Waals surface area contributed by atoms with Gasteiger partial charge < -0.3 is 10.2 Å². The van der Waals surface area contributed by atoms with Crippen molar-refractivity contribution in [2.75, 3.05) is 32.7 Å². The van der Waals surface area contributed by atoms with Crippen LogP contribution < -0.4 is 5.32 Å². The summed E-state index contributed by atoms with van der Waals surface area (Å²) in [7, 11) is 0. The Hall–Kier alpha value is -0.0800. The Morgan fingerprint density at radius 1 is 1.20 bits per heavy atom. The third-order valence-electron chi connectivity index (χ3n) is 3.32. The molecule has 2 heteroatoms. The molecule has 1 atom stereocenters. The van der Waals surface area contributed by atoms with Gasteiger partial charge in [-0.2, -0.15) is 0 Å². The van der Waals surface area contributed by atoms with Gasteiger partial charge in [-0.1, -0.05) is 20.3 Å². The van der Waals surface area contributed by atoms with Crippen LogP contribution >= 0.6 is 0 Å². The van der Waals surface area contributed by atoms with Crippen LogP contribution in [0.2, 0.25) is 0 Å². The van der Waals surface area contributed by atoms with Crippen LogP contribution in [-0.2, 0) is 0 Å². The van der Waals surface area contributed by atoms with Crippen LogP contribution in [0.4, 0.5) is 0 Å². The number of hydrogen-bond donors (Lipinski definition) is 1. The van der Waals surface area contributed by atoms with Crippen molar-refractivity contribution in [3.8, 4) is 0 Å². The van der Waals surface area contributed by atoms with Gasteiger partial charge in [0.1, 0.15) is 0 Å². The van der Waals surface area contributed by atoms with Crippen LogP contribution in [0.1, 0.15) is 46.0 Å². The third-order valence-corrected chi connectivity index (χ3v) is 3.32. The van der Waals surface area contributed by atoms with E-state index in [-0.39, 0.29) is 0 Å². The highest BCUT2D eigenvalue weighted by Gasteiger charge is 2.20. The van der Waals surface area contributed by atoms with Gasteiger partial charge in [0.15, 0.2) is 0 Å². The first-order valence-electron chi connectivity index (χ1n) is 6.79. The Bertz CT molecular complexity index is 147. The molecule has 1 aliphatic heterocycles. The minimum Gasteiger partial charge on any atom is -0.317 e. The molecule has 0 aliphatic carbocycles. The van der Waals surface area contributed by atoms with Crippen molar-refractivity contribution in [3.05, 3.63) is 0 Å². The highest BCUT2D eigenvalue weighted by atomic mass is 15.1. The third kappa shape index (κ3) is 5.53. The zero-order valence-electron chi connectivity index (χ0n) is 10.6. The van der Waals surface area contributed by atoms with Crippen LogP contribution in [0.25, 0.3) is 0 Å². The molecule has 2 nitrogen and oxygen atoms in total. The number of nitrogens with one attached hydrogen (secondary N) is 1. The molecule has 0 amide bonds. The number of likely N-dealkylation sites (tertiary alicyclic amines) is 1. The van der Waals surface area contributed by atoms with Crippen LogP contribution in [0.5, 0.6) is 0 Å². The summed E-state index contributed by atoms with van der Waals surface area (Å²) in [5, 5.41) is 3.47. The Balaban J connectivity index is 1.94. The van der Waals surface area contributed by atoms with Crippen molar-refractivity contribution in [2.45, 2.75) is 46.0 Å². The fraction of sp³-hybridized carbons (Fsp3) is 1.00. The van der Waals surface area contributed by atoms with E-state index in [0.29, 0.717) is 0 Å². The molecule has 1 saturated heterocycles. The monoisotopic (exact) mass is 212 g/mol. The van der Waals surface area contributed by atoms with Crippen molar-refractivity contribution in [1.82, 2.24) is 10.2 Å². The lowest BCUT2D eigenvalue weighted by Crippen LogP contribution is -2.26. The first-order chi connectivity index (χ1) is 7.36. The van der Waals surface area contributed by atoms with Crippen LogP contribution in [0, 0.1) is 5.92 Å². The van der Waals surface area contributed by atoms with Gasteiger partial charge in [-0.15, -0.1) is 0 Å². The van der Waals surface area contributed by atoms with E-state index in [4.69, 9.17) is 0 Å². The molecular formula is C13H28N2. The minimum absolute atomic E-state index is 0.999. The summed E-state index contributed by atoms with van der Waals surface area (Å²) in [6.07, 6.45) is 6.80. The average molecular weight is 212 g/mol. The number of hydrogen-bond acceptors (Lipinski definition) is 2. The second-order valence-corrected chi connectivity index (χ2v) is 4.85. The molecule has 1 unspecified atom stereocenters. The van der Waals surface area contributed by atoms with Gasteiger partial charge in [-0.05, 0) is 57.8 Å². The van der Waals surface area contributed by atoms with Gasteiger partial charge >= 0.3 is 0 Å². The second kappa shape index (κ2) is 8.12. The summed E-state index contributed by atoms with van der Waals surface area (Å²) < 4.78 is 0. The van der Waals surface area contributed by atoms with Crippen molar-refractivity contribution in [3.63, 3.8) is 0 Å². The normalized spacial score (nSPS) is 22.4. The van der Waals surface area contributed by atoms with Crippen LogP contribution in [-0.4, -0.2) is 37.6 Å². The maximum Gasteiger partial charge on any atom is 0.00101 e. The summed E-state index contributed by atoms with van der Waals surface area (Å²) in [4.78, 5) is 2.65. The standard InChI is InChI=1S/C13H28N2/c1-3-6-13-7-11-15(12-13)10-5-9-14-8-4-2/h13-14H,3-12H2,1-2H3. The summed E-state index contributed by atoms with van der Waals surface area (Å²) in [5.41, 5.74) is 0. The largest absolute Gasteiger partial charge is 0.317 e. The molecule has 0 bridgehead atoms. The molecule has 1 N–H and O–H groups in total. The van der Waals surface area contributed by atoms with Crippen molar-refractivity contribution in [2.24, 2.45) is 5.92 Å². The summed E-state index contributed by atoms with van der Waals surface area (Å²) in [5.74, 6) is 0.999. The topological polar surface area (TPSA) is 15.3 Å². The van der Waals surface area contributed by atoms with E-state index in [0.717, 1.165) is 5.92 Å². The van der Waals surface area contributed by atoms with Gasteiger partial charge in [-0.3, -0.25) is 0 Å². The molecule has 0 radical (unpaired) electrons. The molecular weight excluding hydrogens is 184 g/mol. The predicted octanol–water partition coefficient (Wildman–Crippen LogP) is 2.50. The first-order valence-corrected chi connectivity index (χ1v) is 6.79. The first kappa shape index (κ1) is 13.0. The molecule has 1 heterocycles. The molecule has 0 aromatic rings. The molecule has 1 aliphatic rings. The predicted molar refractivity (Wildman–Crippen MR) is 67.2 cm³/mol. The lowest BCUT2D eigenvalue weighted by atomic mass is 10.0. The Morgan fingerprint density at radius 2 is 2.07 bits per heavy atom. The molecule has 1 rings (SSSR count). The van der Waals surface area contributed by atoms with E-state index < -0.39 is 0 Å². The highest BCUT2D eigenvalue weighted by molar-refractivity contribution is 4.75. The Morgan fingerprint density at radius 3 is 2.80 bits per heavy atom. The van der Waals surface area contributed by atoms with E-state index in [2.05, 4.69) is 24.1 Å². The second-order valence-electron chi connectivity index (χ2n) is 4.85. The zero-order valence-corrected chi connectivity index (χ0v) is 10.6. The lowest BCUT2D eigenvalue weighted by Gasteiger charge is -2.15. The number of nitrogens with zero attached hydrogens (tertiary/aromatic N) is 1.